The van der Waals surface area contributed by atoms with Gasteiger partial charge in [-0.1, -0.05) is 52.7 Å². The molecular weight excluding hydrogens is 570 g/mol. The molecule has 0 saturated heterocycles. The Labute approximate surface area is 232 Å². The minimum atomic E-state index is -4.10. The van der Waals surface area contributed by atoms with Gasteiger partial charge >= 0.3 is 0 Å². The van der Waals surface area contributed by atoms with Crippen LogP contribution in [0.3, 0.4) is 0 Å². The standard InChI is InChI=1S/C28H32BrN3O5S/c1-5-26(28(34)30-3)31(18-21-8-14-24(37-4)15-9-21)27(33)19-32(23-12-10-22(29)11-13-23)38(35,36)25-16-6-20(2)7-17-25/h6-17,26H,5,18-19H2,1-4H3,(H,30,34). The molecule has 3 aromatic carbocycles. The van der Waals surface area contributed by atoms with Crippen LogP contribution in [0.1, 0.15) is 24.5 Å². The zero-order chi connectivity index (χ0) is 27.9. The molecule has 3 aromatic rings. The summed E-state index contributed by atoms with van der Waals surface area (Å²) >= 11 is 3.38. The SMILES string of the molecule is CCC(C(=O)NC)N(Cc1ccc(OC)cc1)C(=O)CN(c1ccc(Br)cc1)S(=O)(=O)c1ccc(C)cc1. The minimum Gasteiger partial charge on any atom is -0.497 e. The third-order valence-corrected chi connectivity index (χ3v) is 8.46. The van der Waals surface area contributed by atoms with E-state index in [1.165, 1.54) is 24.1 Å². The summed E-state index contributed by atoms with van der Waals surface area (Å²) in [5.41, 5.74) is 2.02. The van der Waals surface area contributed by atoms with Gasteiger partial charge in [-0.25, -0.2) is 8.42 Å². The monoisotopic (exact) mass is 601 g/mol. The van der Waals surface area contributed by atoms with Crippen molar-refractivity contribution in [3.63, 3.8) is 0 Å². The number of nitrogens with zero attached hydrogens (tertiary/aromatic N) is 2. The van der Waals surface area contributed by atoms with Crippen LogP contribution in [0, 0.1) is 6.92 Å². The number of rotatable bonds is 11. The summed E-state index contributed by atoms with van der Waals surface area (Å²) in [6.45, 7) is 3.31. The van der Waals surface area contributed by atoms with Crippen LogP contribution in [-0.2, 0) is 26.2 Å². The topological polar surface area (TPSA) is 96.0 Å². The van der Waals surface area contributed by atoms with Crippen molar-refractivity contribution in [3.05, 3.63) is 88.4 Å². The van der Waals surface area contributed by atoms with Crippen molar-refractivity contribution in [2.24, 2.45) is 0 Å². The summed E-state index contributed by atoms with van der Waals surface area (Å²) in [4.78, 5) is 28.1. The van der Waals surface area contributed by atoms with Gasteiger partial charge in [0.2, 0.25) is 11.8 Å². The lowest BCUT2D eigenvalue weighted by atomic mass is 10.1. The fourth-order valence-electron chi connectivity index (χ4n) is 3.99. The maximum absolute atomic E-state index is 13.9. The van der Waals surface area contributed by atoms with Crippen LogP contribution >= 0.6 is 15.9 Å². The molecular formula is C28H32BrN3O5S. The number of nitrogens with one attached hydrogen (secondary N) is 1. The van der Waals surface area contributed by atoms with Crippen molar-refractivity contribution in [2.45, 2.75) is 37.8 Å². The molecule has 1 N–H and O–H groups in total. The Morgan fingerprint density at radius 2 is 1.58 bits per heavy atom. The van der Waals surface area contributed by atoms with E-state index in [0.29, 0.717) is 17.9 Å². The summed E-state index contributed by atoms with van der Waals surface area (Å²) in [5, 5.41) is 2.62. The van der Waals surface area contributed by atoms with E-state index in [1.54, 1.807) is 55.6 Å². The van der Waals surface area contributed by atoms with Gasteiger partial charge in [0.1, 0.15) is 18.3 Å². The molecule has 0 saturated carbocycles. The first-order valence-corrected chi connectivity index (χ1v) is 14.3. The second-order valence-electron chi connectivity index (χ2n) is 8.71. The summed E-state index contributed by atoms with van der Waals surface area (Å²) in [7, 11) is -1.02. The Bertz CT molecular complexity index is 1340. The molecule has 202 valence electrons. The lowest BCUT2D eigenvalue weighted by Gasteiger charge is -2.33. The molecule has 0 aliphatic carbocycles. The molecule has 0 spiro atoms. The first-order valence-electron chi connectivity index (χ1n) is 12.1. The van der Waals surface area contributed by atoms with Gasteiger partial charge in [0.05, 0.1) is 17.7 Å². The fourth-order valence-corrected chi connectivity index (χ4v) is 5.67. The molecule has 0 fully saturated rings. The highest BCUT2D eigenvalue weighted by Gasteiger charge is 2.33. The summed E-state index contributed by atoms with van der Waals surface area (Å²) < 4.78 is 34.7. The van der Waals surface area contributed by atoms with E-state index in [0.717, 1.165) is 19.9 Å². The fraction of sp³-hybridized carbons (Fsp3) is 0.286. The molecule has 0 aliphatic rings. The third kappa shape index (κ3) is 6.93. The van der Waals surface area contributed by atoms with E-state index in [2.05, 4.69) is 21.2 Å². The van der Waals surface area contributed by atoms with Crippen molar-refractivity contribution in [2.75, 3.05) is 25.0 Å². The van der Waals surface area contributed by atoms with Crippen molar-refractivity contribution >= 4 is 43.5 Å². The molecule has 0 aliphatic heterocycles. The lowest BCUT2D eigenvalue weighted by molar-refractivity contribution is -0.140. The van der Waals surface area contributed by atoms with Crippen LogP contribution in [0.25, 0.3) is 0 Å². The maximum atomic E-state index is 13.9. The summed E-state index contributed by atoms with van der Waals surface area (Å²) in [6, 6.07) is 19.5. The van der Waals surface area contributed by atoms with E-state index >= 15 is 0 Å². The quantitative estimate of drug-likeness (QED) is 0.349. The van der Waals surface area contributed by atoms with Crippen LogP contribution in [0.2, 0.25) is 0 Å². The predicted octanol–water partition coefficient (Wildman–Crippen LogP) is 4.51. The predicted molar refractivity (Wildman–Crippen MR) is 152 cm³/mol. The lowest BCUT2D eigenvalue weighted by Crippen LogP contribution is -2.51. The van der Waals surface area contributed by atoms with Gasteiger partial charge in [-0.05, 0) is 67.4 Å². The van der Waals surface area contributed by atoms with Crippen LogP contribution < -0.4 is 14.4 Å². The number of ether oxygens (including phenoxy) is 1. The Kier molecular flexibility index (Phi) is 9.93. The number of hydrogen-bond donors (Lipinski definition) is 1. The molecule has 38 heavy (non-hydrogen) atoms. The van der Waals surface area contributed by atoms with Gasteiger partial charge in [0.15, 0.2) is 0 Å². The molecule has 1 unspecified atom stereocenters. The van der Waals surface area contributed by atoms with Gasteiger partial charge in [-0.2, -0.15) is 0 Å². The number of aryl methyl sites for hydroxylation is 1. The largest absolute Gasteiger partial charge is 0.497 e. The zero-order valence-electron chi connectivity index (χ0n) is 21.8. The summed E-state index contributed by atoms with van der Waals surface area (Å²) in [6.07, 6.45) is 0.352. The highest BCUT2D eigenvalue weighted by molar-refractivity contribution is 9.10. The van der Waals surface area contributed by atoms with Crippen LogP contribution in [0.15, 0.2) is 82.2 Å². The van der Waals surface area contributed by atoms with Gasteiger partial charge in [-0.15, -0.1) is 0 Å². The molecule has 2 amide bonds. The third-order valence-electron chi connectivity index (χ3n) is 6.15. The molecule has 0 heterocycles. The van der Waals surface area contributed by atoms with Gasteiger partial charge < -0.3 is 15.0 Å². The first kappa shape index (κ1) is 29.2. The number of carbonyl (C=O) groups is 2. The maximum Gasteiger partial charge on any atom is 0.264 e. The Morgan fingerprint density at radius 3 is 2.11 bits per heavy atom. The average molecular weight is 603 g/mol. The van der Waals surface area contributed by atoms with Crippen molar-refractivity contribution in [1.82, 2.24) is 10.2 Å². The smallest absolute Gasteiger partial charge is 0.264 e. The van der Waals surface area contributed by atoms with Crippen LogP contribution in [0.4, 0.5) is 5.69 Å². The average Bonchev–Trinajstić information content (AvgIpc) is 2.92. The van der Waals surface area contributed by atoms with Gasteiger partial charge in [-0.3, -0.25) is 13.9 Å². The number of methoxy groups -OCH3 is 1. The molecule has 8 nitrogen and oxygen atoms in total. The van der Waals surface area contributed by atoms with Crippen molar-refractivity contribution in [3.8, 4) is 5.75 Å². The molecule has 0 bridgehead atoms. The molecule has 0 aromatic heterocycles. The molecule has 1 atom stereocenters. The van der Waals surface area contributed by atoms with E-state index in [9.17, 15) is 18.0 Å². The first-order chi connectivity index (χ1) is 18.1. The zero-order valence-corrected chi connectivity index (χ0v) is 24.3. The Hall–Kier alpha value is -3.37. The van der Waals surface area contributed by atoms with Crippen LogP contribution in [-0.4, -0.2) is 51.9 Å². The van der Waals surface area contributed by atoms with E-state index in [4.69, 9.17) is 4.74 Å². The number of sulfonamides is 1. The number of carbonyl (C=O) groups excluding carboxylic acids is 2. The highest BCUT2D eigenvalue weighted by atomic mass is 79.9. The second-order valence-corrected chi connectivity index (χ2v) is 11.5. The number of halogens is 1. The van der Waals surface area contributed by atoms with E-state index in [-0.39, 0.29) is 17.3 Å². The van der Waals surface area contributed by atoms with Crippen LogP contribution in [0.5, 0.6) is 5.75 Å². The minimum absolute atomic E-state index is 0.0684. The number of anilines is 1. The van der Waals surface area contributed by atoms with E-state index in [1.807, 2.05) is 26.0 Å². The number of benzene rings is 3. The summed E-state index contributed by atoms with van der Waals surface area (Å²) in [5.74, 6) is -0.170. The van der Waals surface area contributed by atoms with E-state index < -0.39 is 28.5 Å². The molecule has 10 heteroatoms. The Balaban J connectivity index is 2.03. The van der Waals surface area contributed by atoms with Crippen molar-refractivity contribution in [1.29, 1.82) is 0 Å². The number of amides is 2. The van der Waals surface area contributed by atoms with Crippen molar-refractivity contribution < 1.29 is 22.7 Å². The van der Waals surface area contributed by atoms with Gasteiger partial charge in [0.25, 0.3) is 10.0 Å². The highest BCUT2D eigenvalue weighted by Crippen LogP contribution is 2.26. The Morgan fingerprint density at radius 1 is 0.974 bits per heavy atom. The number of hydrogen-bond acceptors (Lipinski definition) is 5. The molecule has 3 rings (SSSR count). The number of likely N-dealkylation sites (N-methyl/N-ethyl adjacent to an activating group) is 1. The normalized spacial score (nSPS) is 11.9. The molecule has 0 radical (unpaired) electrons. The second kappa shape index (κ2) is 12.9. The van der Waals surface area contributed by atoms with Gasteiger partial charge in [0, 0.05) is 18.1 Å².